The maximum Gasteiger partial charge on any atom is 0.219 e. The molecule has 7 heteroatoms. The number of amides is 1. The van der Waals surface area contributed by atoms with Gasteiger partial charge in [-0.3, -0.25) is 9.69 Å². The zero-order valence-corrected chi connectivity index (χ0v) is 16.6. The summed E-state index contributed by atoms with van der Waals surface area (Å²) in [7, 11) is 2.13. The Morgan fingerprint density at radius 1 is 1.27 bits per heavy atom. The van der Waals surface area contributed by atoms with Crippen molar-refractivity contribution >= 4 is 11.7 Å². The van der Waals surface area contributed by atoms with Gasteiger partial charge in [-0.1, -0.05) is 20.8 Å². The molecule has 0 bridgehead atoms. The van der Waals surface area contributed by atoms with Gasteiger partial charge in [0.25, 0.3) is 0 Å². The number of rotatable bonds is 4. The number of likely N-dealkylation sites (N-methyl/N-ethyl adjacent to an activating group) is 1. The summed E-state index contributed by atoms with van der Waals surface area (Å²) in [6.45, 7) is 12.8. The maximum absolute atomic E-state index is 11.6. The van der Waals surface area contributed by atoms with E-state index in [-0.39, 0.29) is 17.4 Å². The lowest BCUT2D eigenvalue weighted by Crippen LogP contribution is -2.61. The molecule has 1 unspecified atom stereocenters. The van der Waals surface area contributed by atoms with Crippen molar-refractivity contribution in [3.05, 3.63) is 17.8 Å². The molecule has 7 nitrogen and oxygen atoms in total. The average molecular weight is 361 g/mol. The number of morpholine rings is 1. The van der Waals surface area contributed by atoms with Crippen LogP contribution in [-0.4, -0.2) is 84.4 Å². The highest BCUT2D eigenvalue weighted by Gasteiger charge is 2.33. The normalized spacial score (nSPS) is 21.8. The molecule has 2 aliphatic heterocycles. The predicted octanol–water partition coefficient (Wildman–Crippen LogP) is 1.14. The third kappa shape index (κ3) is 4.32. The molecule has 0 aliphatic carbocycles. The third-order valence-corrected chi connectivity index (χ3v) is 5.30. The van der Waals surface area contributed by atoms with Gasteiger partial charge in [0.2, 0.25) is 5.91 Å². The Hall–Kier alpha value is -1.73. The molecule has 144 valence electrons. The zero-order valence-electron chi connectivity index (χ0n) is 16.6. The molecule has 2 saturated heterocycles. The smallest absolute Gasteiger partial charge is 0.219 e. The van der Waals surface area contributed by atoms with Crippen LogP contribution >= 0.6 is 0 Å². The molecule has 0 aromatic carbocycles. The van der Waals surface area contributed by atoms with Crippen LogP contribution in [0.4, 0.5) is 5.82 Å². The van der Waals surface area contributed by atoms with Gasteiger partial charge >= 0.3 is 0 Å². The van der Waals surface area contributed by atoms with Crippen molar-refractivity contribution < 1.29 is 9.53 Å². The minimum absolute atomic E-state index is 0.0248. The fourth-order valence-corrected chi connectivity index (χ4v) is 3.40. The molecule has 0 N–H and O–H groups in total. The minimum atomic E-state index is 0.0248. The van der Waals surface area contributed by atoms with Crippen molar-refractivity contribution in [3.63, 3.8) is 0 Å². The van der Waals surface area contributed by atoms with Gasteiger partial charge in [0.1, 0.15) is 0 Å². The summed E-state index contributed by atoms with van der Waals surface area (Å²) >= 11 is 0. The quantitative estimate of drug-likeness (QED) is 0.802. The maximum atomic E-state index is 11.6. The highest BCUT2D eigenvalue weighted by atomic mass is 16.5. The van der Waals surface area contributed by atoms with E-state index in [0.29, 0.717) is 25.7 Å². The van der Waals surface area contributed by atoms with Gasteiger partial charge in [-0.25, -0.2) is 0 Å². The van der Waals surface area contributed by atoms with Crippen LogP contribution in [-0.2, 0) is 14.9 Å². The molecule has 3 rings (SSSR count). The molecule has 3 heterocycles. The van der Waals surface area contributed by atoms with E-state index in [1.807, 2.05) is 4.90 Å². The van der Waals surface area contributed by atoms with Crippen LogP contribution < -0.4 is 4.90 Å². The Balaban J connectivity index is 1.47. The van der Waals surface area contributed by atoms with E-state index >= 15 is 0 Å². The average Bonchev–Trinajstić information content (AvgIpc) is 2.53. The van der Waals surface area contributed by atoms with E-state index in [1.54, 1.807) is 6.92 Å². The lowest BCUT2D eigenvalue weighted by molar-refractivity contribution is -0.137. The molecule has 0 spiro atoms. The van der Waals surface area contributed by atoms with Crippen LogP contribution in [0, 0.1) is 0 Å². The van der Waals surface area contributed by atoms with Gasteiger partial charge < -0.3 is 14.5 Å². The van der Waals surface area contributed by atoms with Crippen molar-refractivity contribution in [1.82, 2.24) is 20.0 Å². The minimum Gasteiger partial charge on any atom is -0.373 e. The van der Waals surface area contributed by atoms with Gasteiger partial charge in [-0.05, 0) is 19.2 Å². The van der Waals surface area contributed by atoms with Gasteiger partial charge in [0.05, 0.1) is 18.4 Å². The van der Waals surface area contributed by atoms with Crippen molar-refractivity contribution in [1.29, 1.82) is 0 Å². The number of aromatic nitrogens is 2. The number of ether oxygens (including phenoxy) is 1. The standard InChI is InChI=1S/C19H31N5O2/c1-14(25)23-8-9-26-16(13-23)12-22(5)15-10-24(11-15)18-7-6-17(20-21-18)19(2,3)4/h6-7,15-16H,8-13H2,1-5H3. The Bertz CT molecular complexity index is 622. The molecule has 2 fully saturated rings. The fourth-order valence-electron chi connectivity index (χ4n) is 3.40. The van der Waals surface area contributed by atoms with Crippen molar-refractivity contribution in [2.24, 2.45) is 0 Å². The van der Waals surface area contributed by atoms with Crippen LogP contribution in [0.2, 0.25) is 0 Å². The summed E-state index contributed by atoms with van der Waals surface area (Å²) in [6, 6.07) is 4.63. The SMILES string of the molecule is CC(=O)N1CCOC(CN(C)C2CN(c3ccc(C(C)(C)C)nn3)C2)C1. The van der Waals surface area contributed by atoms with E-state index in [1.165, 1.54) is 0 Å². The first-order valence-electron chi connectivity index (χ1n) is 9.40. The molecular weight excluding hydrogens is 330 g/mol. The third-order valence-electron chi connectivity index (χ3n) is 5.30. The summed E-state index contributed by atoms with van der Waals surface area (Å²) in [5.41, 5.74) is 1.04. The predicted molar refractivity (Wildman–Crippen MR) is 101 cm³/mol. The largest absolute Gasteiger partial charge is 0.373 e. The number of hydrogen-bond donors (Lipinski definition) is 0. The van der Waals surface area contributed by atoms with Crippen molar-refractivity contribution in [3.8, 4) is 0 Å². The molecule has 2 aliphatic rings. The lowest BCUT2D eigenvalue weighted by atomic mass is 9.92. The molecule has 0 saturated carbocycles. The Morgan fingerprint density at radius 2 is 2.00 bits per heavy atom. The first-order valence-corrected chi connectivity index (χ1v) is 9.40. The second-order valence-corrected chi connectivity index (χ2v) is 8.48. The summed E-state index contributed by atoms with van der Waals surface area (Å²) in [5.74, 6) is 1.08. The highest BCUT2D eigenvalue weighted by molar-refractivity contribution is 5.73. The number of hydrogen-bond acceptors (Lipinski definition) is 6. The number of carbonyl (C=O) groups is 1. The summed E-state index contributed by atoms with van der Waals surface area (Å²) in [6.07, 6.45) is 0.0950. The molecule has 26 heavy (non-hydrogen) atoms. The van der Waals surface area contributed by atoms with Crippen LogP contribution in [0.1, 0.15) is 33.4 Å². The van der Waals surface area contributed by atoms with Crippen LogP contribution in [0.15, 0.2) is 12.1 Å². The van der Waals surface area contributed by atoms with Gasteiger partial charge in [0.15, 0.2) is 5.82 Å². The summed E-state index contributed by atoms with van der Waals surface area (Å²) in [5, 5.41) is 8.77. The van der Waals surface area contributed by atoms with E-state index in [4.69, 9.17) is 4.74 Å². The van der Waals surface area contributed by atoms with Gasteiger partial charge in [-0.2, -0.15) is 5.10 Å². The molecular formula is C19H31N5O2. The van der Waals surface area contributed by atoms with Crippen molar-refractivity contribution in [2.75, 3.05) is 51.3 Å². The topological polar surface area (TPSA) is 61.8 Å². The Morgan fingerprint density at radius 3 is 2.58 bits per heavy atom. The van der Waals surface area contributed by atoms with Gasteiger partial charge in [-0.15, -0.1) is 5.10 Å². The first kappa shape index (κ1) is 19.0. The monoisotopic (exact) mass is 361 g/mol. The highest BCUT2D eigenvalue weighted by Crippen LogP contribution is 2.24. The van der Waals surface area contributed by atoms with Crippen LogP contribution in [0.3, 0.4) is 0 Å². The summed E-state index contributed by atoms with van der Waals surface area (Å²) in [4.78, 5) is 18.0. The lowest BCUT2D eigenvalue weighted by Gasteiger charge is -2.46. The molecule has 0 radical (unpaired) electrons. The Kier molecular flexibility index (Phi) is 5.48. The number of anilines is 1. The molecule has 1 amide bonds. The van der Waals surface area contributed by atoms with Crippen molar-refractivity contribution in [2.45, 2.75) is 45.3 Å². The second kappa shape index (κ2) is 7.48. The van der Waals surface area contributed by atoms with Crippen LogP contribution in [0.25, 0.3) is 0 Å². The van der Waals surface area contributed by atoms with Gasteiger partial charge in [0, 0.05) is 51.1 Å². The number of carbonyl (C=O) groups excluding carboxylic acids is 1. The van der Waals surface area contributed by atoms with Crippen LogP contribution in [0.5, 0.6) is 0 Å². The second-order valence-electron chi connectivity index (χ2n) is 8.48. The molecule has 1 atom stereocenters. The van der Waals surface area contributed by atoms with E-state index in [2.05, 4.69) is 59.9 Å². The number of nitrogens with zero attached hydrogens (tertiary/aromatic N) is 5. The summed E-state index contributed by atoms with van der Waals surface area (Å²) < 4.78 is 5.83. The zero-order chi connectivity index (χ0) is 18.9. The first-order chi connectivity index (χ1) is 12.2. The molecule has 1 aromatic heterocycles. The van der Waals surface area contributed by atoms with E-state index < -0.39 is 0 Å². The Labute approximate surface area is 156 Å². The van der Waals surface area contributed by atoms with E-state index in [0.717, 1.165) is 31.1 Å². The van der Waals surface area contributed by atoms with E-state index in [9.17, 15) is 4.79 Å². The fraction of sp³-hybridized carbons (Fsp3) is 0.737. The molecule has 1 aromatic rings.